The van der Waals surface area contributed by atoms with Crippen LogP contribution in [-0.4, -0.2) is 19.2 Å². The number of benzene rings is 2. The summed E-state index contributed by atoms with van der Waals surface area (Å²) in [5, 5.41) is 4.25. The molecule has 0 atom stereocenters. The van der Waals surface area contributed by atoms with Crippen LogP contribution < -0.4 is 14.8 Å². The molecule has 0 aliphatic rings. The van der Waals surface area contributed by atoms with Gasteiger partial charge in [0.2, 0.25) is 0 Å². The molecule has 0 bridgehead atoms. The van der Waals surface area contributed by atoms with E-state index >= 15 is 0 Å². The van der Waals surface area contributed by atoms with Gasteiger partial charge in [0.15, 0.2) is 16.6 Å². The Labute approximate surface area is 127 Å². The van der Waals surface area contributed by atoms with Gasteiger partial charge in [-0.15, -0.1) is 0 Å². The Kier molecular flexibility index (Phi) is 3.92. The summed E-state index contributed by atoms with van der Waals surface area (Å²) in [6, 6.07) is 14.0. The Morgan fingerprint density at radius 1 is 1.05 bits per heavy atom. The first-order valence-electron chi connectivity index (χ1n) is 6.61. The number of nitrogens with one attached hydrogen (secondary N) is 1. The molecule has 3 aromatic rings. The van der Waals surface area contributed by atoms with Gasteiger partial charge in [-0.25, -0.2) is 4.98 Å². The molecule has 0 saturated carbocycles. The molecule has 4 nitrogen and oxygen atoms in total. The average molecular weight is 300 g/mol. The van der Waals surface area contributed by atoms with Crippen LogP contribution in [0.25, 0.3) is 10.2 Å². The Morgan fingerprint density at radius 2 is 1.90 bits per heavy atom. The number of rotatable bonds is 5. The van der Waals surface area contributed by atoms with Gasteiger partial charge in [0.05, 0.1) is 24.4 Å². The standard InChI is InChI=1S/C16H16N2O2S/c1-19-13-8-5-6-11(15(13)20-2)10-17-16-18-12-7-3-4-9-14(12)21-16/h3-9H,10H2,1-2H3,(H,17,18). The lowest BCUT2D eigenvalue weighted by atomic mass is 10.2. The third-order valence-electron chi connectivity index (χ3n) is 3.21. The van der Waals surface area contributed by atoms with Crippen LogP contribution in [0.5, 0.6) is 11.5 Å². The quantitative estimate of drug-likeness (QED) is 0.775. The van der Waals surface area contributed by atoms with Crippen LogP contribution in [-0.2, 0) is 6.54 Å². The summed E-state index contributed by atoms with van der Waals surface area (Å²) in [4.78, 5) is 4.56. The Morgan fingerprint density at radius 3 is 2.67 bits per heavy atom. The Bertz CT molecular complexity index is 722. The summed E-state index contributed by atoms with van der Waals surface area (Å²) in [7, 11) is 3.29. The monoisotopic (exact) mass is 300 g/mol. The van der Waals surface area contributed by atoms with Crippen molar-refractivity contribution in [3.8, 4) is 11.5 Å². The van der Waals surface area contributed by atoms with Crippen LogP contribution in [0, 0.1) is 0 Å². The second-order valence-electron chi connectivity index (χ2n) is 4.49. The molecule has 0 saturated heterocycles. The minimum absolute atomic E-state index is 0.639. The van der Waals surface area contributed by atoms with Crippen LogP contribution >= 0.6 is 11.3 Å². The van der Waals surface area contributed by atoms with Crippen molar-refractivity contribution < 1.29 is 9.47 Å². The summed E-state index contributed by atoms with van der Waals surface area (Å²) in [6.07, 6.45) is 0. The van der Waals surface area contributed by atoms with E-state index in [0.29, 0.717) is 6.54 Å². The number of thiazole rings is 1. The first kappa shape index (κ1) is 13.7. The van der Waals surface area contributed by atoms with Gasteiger partial charge < -0.3 is 14.8 Å². The van der Waals surface area contributed by atoms with Gasteiger partial charge in [-0.3, -0.25) is 0 Å². The second kappa shape index (κ2) is 6.01. The van der Waals surface area contributed by atoms with E-state index in [4.69, 9.17) is 9.47 Å². The van der Waals surface area contributed by atoms with E-state index < -0.39 is 0 Å². The van der Waals surface area contributed by atoms with Crippen molar-refractivity contribution in [2.45, 2.75) is 6.54 Å². The maximum atomic E-state index is 5.43. The third-order valence-corrected chi connectivity index (χ3v) is 4.20. The fourth-order valence-corrected chi connectivity index (χ4v) is 3.07. The molecule has 108 valence electrons. The van der Waals surface area contributed by atoms with Crippen molar-refractivity contribution in [3.63, 3.8) is 0 Å². The highest BCUT2D eigenvalue weighted by Gasteiger charge is 2.10. The maximum absolute atomic E-state index is 5.43. The molecule has 0 amide bonds. The van der Waals surface area contributed by atoms with Gasteiger partial charge in [0.25, 0.3) is 0 Å². The van der Waals surface area contributed by atoms with Crippen LogP contribution in [0.4, 0.5) is 5.13 Å². The molecular formula is C16H16N2O2S. The van der Waals surface area contributed by atoms with Gasteiger partial charge in [-0.05, 0) is 18.2 Å². The second-order valence-corrected chi connectivity index (χ2v) is 5.52. The highest BCUT2D eigenvalue weighted by atomic mass is 32.1. The van der Waals surface area contributed by atoms with E-state index in [-0.39, 0.29) is 0 Å². The van der Waals surface area contributed by atoms with Crippen molar-refractivity contribution in [1.82, 2.24) is 4.98 Å². The molecule has 1 aromatic heterocycles. The Balaban J connectivity index is 1.81. The van der Waals surface area contributed by atoms with E-state index in [1.165, 1.54) is 4.70 Å². The molecule has 3 rings (SSSR count). The number of hydrogen-bond acceptors (Lipinski definition) is 5. The average Bonchev–Trinajstić information content (AvgIpc) is 2.95. The molecule has 21 heavy (non-hydrogen) atoms. The zero-order chi connectivity index (χ0) is 14.7. The number of fused-ring (bicyclic) bond motifs is 1. The Hall–Kier alpha value is -2.27. The number of methoxy groups -OCH3 is 2. The first-order chi connectivity index (χ1) is 10.3. The zero-order valence-corrected chi connectivity index (χ0v) is 12.7. The molecule has 0 unspecified atom stereocenters. The van der Waals surface area contributed by atoms with Gasteiger partial charge >= 0.3 is 0 Å². The predicted octanol–water partition coefficient (Wildman–Crippen LogP) is 3.93. The molecule has 1 heterocycles. The number of para-hydroxylation sites is 2. The maximum Gasteiger partial charge on any atom is 0.184 e. The zero-order valence-electron chi connectivity index (χ0n) is 11.9. The molecule has 1 N–H and O–H groups in total. The minimum atomic E-state index is 0.639. The lowest BCUT2D eigenvalue weighted by molar-refractivity contribution is 0.352. The third kappa shape index (κ3) is 2.78. The smallest absolute Gasteiger partial charge is 0.184 e. The molecule has 0 fully saturated rings. The summed E-state index contributed by atoms with van der Waals surface area (Å²) in [5.41, 5.74) is 2.05. The van der Waals surface area contributed by atoms with Gasteiger partial charge in [0, 0.05) is 12.1 Å². The lowest BCUT2D eigenvalue weighted by Crippen LogP contribution is -2.02. The van der Waals surface area contributed by atoms with Gasteiger partial charge in [0.1, 0.15) is 0 Å². The van der Waals surface area contributed by atoms with E-state index in [2.05, 4.69) is 16.4 Å². The molecular weight excluding hydrogens is 284 g/mol. The van der Waals surface area contributed by atoms with E-state index in [1.807, 2.05) is 36.4 Å². The van der Waals surface area contributed by atoms with Crippen molar-refractivity contribution in [3.05, 3.63) is 48.0 Å². The van der Waals surface area contributed by atoms with Crippen LogP contribution in [0.3, 0.4) is 0 Å². The van der Waals surface area contributed by atoms with Crippen molar-refractivity contribution >= 4 is 26.7 Å². The van der Waals surface area contributed by atoms with E-state index in [0.717, 1.165) is 27.7 Å². The SMILES string of the molecule is COc1cccc(CNc2nc3ccccc3s2)c1OC. The first-order valence-corrected chi connectivity index (χ1v) is 7.43. The summed E-state index contributed by atoms with van der Waals surface area (Å²) in [6.45, 7) is 0.639. The summed E-state index contributed by atoms with van der Waals surface area (Å²) in [5.74, 6) is 1.50. The van der Waals surface area contributed by atoms with Crippen LogP contribution in [0.1, 0.15) is 5.56 Å². The summed E-state index contributed by atoms with van der Waals surface area (Å²) >= 11 is 1.65. The number of hydrogen-bond donors (Lipinski definition) is 1. The molecule has 0 radical (unpaired) electrons. The minimum Gasteiger partial charge on any atom is -0.493 e. The molecule has 2 aromatic carbocycles. The topological polar surface area (TPSA) is 43.4 Å². The van der Waals surface area contributed by atoms with Crippen LogP contribution in [0.15, 0.2) is 42.5 Å². The number of aromatic nitrogens is 1. The van der Waals surface area contributed by atoms with Crippen molar-refractivity contribution in [2.24, 2.45) is 0 Å². The van der Waals surface area contributed by atoms with E-state index in [9.17, 15) is 0 Å². The van der Waals surface area contributed by atoms with Crippen molar-refractivity contribution in [2.75, 3.05) is 19.5 Å². The fraction of sp³-hybridized carbons (Fsp3) is 0.188. The molecule has 0 aliphatic heterocycles. The fourth-order valence-electron chi connectivity index (χ4n) is 2.21. The van der Waals surface area contributed by atoms with Crippen LogP contribution in [0.2, 0.25) is 0 Å². The van der Waals surface area contributed by atoms with Crippen molar-refractivity contribution in [1.29, 1.82) is 0 Å². The normalized spacial score (nSPS) is 10.6. The van der Waals surface area contributed by atoms with E-state index in [1.54, 1.807) is 25.6 Å². The lowest BCUT2D eigenvalue weighted by Gasteiger charge is -2.12. The van der Waals surface area contributed by atoms with Gasteiger partial charge in [-0.2, -0.15) is 0 Å². The molecule has 0 aliphatic carbocycles. The largest absolute Gasteiger partial charge is 0.493 e. The van der Waals surface area contributed by atoms with Gasteiger partial charge in [-0.1, -0.05) is 35.6 Å². The number of ether oxygens (including phenoxy) is 2. The summed E-state index contributed by atoms with van der Waals surface area (Å²) < 4.78 is 11.9. The molecule has 5 heteroatoms. The number of anilines is 1. The predicted molar refractivity (Wildman–Crippen MR) is 86.5 cm³/mol. The molecule has 0 spiro atoms. The highest BCUT2D eigenvalue weighted by molar-refractivity contribution is 7.22. The highest BCUT2D eigenvalue weighted by Crippen LogP contribution is 2.32. The number of nitrogens with zero attached hydrogens (tertiary/aromatic N) is 1.